The summed E-state index contributed by atoms with van der Waals surface area (Å²) in [6, 6.07) is 7.79. The molecule has 0 saturated carbocycles. The van der Waals surface area contributed by atoms with E-state index < -0.39 is 0 Å². The summed E-state index contributed by atoms with van der Waals surface area (Å²) in [6.07, 6.45) is 2.85. The lowest BCUT2D eigenvalue weighted by Gasteiger charge is -2.04. The van der Waals surface area contributed by atoms with E-state index in [-0.39, 0.29) is 11.7 Å². The van der Waals surface area contributed by atoms with Gasteiger partial charge >= 0.3 is 0 Å². The van der Waals surface area contributed by atoms with Gasteiger partial charge in [0.2, 0.25) is 0 Å². The van der Waals surface area contributed by atoms with Gasteiger partial charge in [-0.2, -0.15) is 4.73 Å². The zero-order chi connectivity index (χ0) is 11.5. The lowest BCUT2D eigenvalue weighted by molar-refractivity contribution is -0.605. The van der Waals surface area contributed by atoms with Gasteiger partial charge in [0.15, 0.2) is 12.4 Å². The Bertz CT molecular complexity index is 499. The summed E-state index contributed by atoms with van der Waals surface area (Å²) in [5.41, 5.74) is 2.25. The molecule has 0 fully saturated rings. The average molecular weight is 238 g/mol. The summed E-state index contributed by atoms with van der Waals surface area (Å²) in [7, 11) is 0. The maximum atomic E-state index is 12.7. The van der Waals surface area contributed by atoms with Crippen molar-refractivity contribution in [3.05, 3.63) is 59.3 Å². The lowest BCUT2D eigenvalue weighted by atomic mass is 10.1. The van der Waals surface area contributed by atoms with Crippen molar-refractivity contribution >= 4 is 11.6 Å². The number of alkyl halides is 1. The summed E-state index contributed by atoms with van der Waals surface area (Å²) in [5, 5.41) is 11.3. The van der Waals surface area contributed by atoms with Crippen molar-refractivity contribution in [2.24, 2.45) is 0 Å². The van der Waals surface area contributed by atoms with Crippen LogP contribution in [0, 0.1) is 11.0 Å². The summed E-state index contributed by atoms with van der Waals surface area (Å²) in [6.45, 7) is 0. The van der Waals surface area contributed by atoms with Gasteiger partial charge in [0, 0.05) is 11.1 Å². The van der Waals surface area contributed by atoms with Crippen LogP contribution in [0.1, 0.15) is 5.56 Å². The van der Waals surface area contributed by atoms with Gasteiger partial charge in [-0.05, 0) is 23.8 Å². The molecule has 0 atom stereocenters. The Kier molecular flexibility index (Phi) is 3.06. The Morgan fingerprint density at radius 2 is 1.81 bits per heavy atom. The Balaban J connectivity index is 2.47. The van der Waals surface area contributed by atoms with Crippen LogP contribution >= 0.6 is 11.6 Å². The SMILES string of the molecule is [O-][n+]1cc(CCl)cc(-c2ccc(F)cc2)c1. The van der Waals surface area contributed by atoms with Gasteiger partial charge in [-0.1, -0.05) is 12.1 Å². The van der Waals surface area contributed by atoms with Crippen LogP contribution in [0.4, 0.5) is 4.39 Å². The summed E-state index contributed by atoms with van der Waals surface area (Å²) >= 11 is 5.67. The molecular formula is C12H9ClFNO. The van der Waals surface area contributed by atoms with Crippen molar-refractivity contribution in [1.29, 1.82) is 0 Å². The summed E-state index contributed by atoms with van der Waals surface area (Å²) in [4.78, 5) is 0. The number of rotatable bonds is 2. The third-order valence-electron chi connectivity index (χ3n) is 2.23. The second-order valence-corrected chi connectivity index (χ2v) is 3.70. The highest BCUT2D eigenvalue weighted by Crippen LogP contribution is 2.19. The van der Waals surface area contributed by atoms with E-state index in [0.29, 0.717) is 4.73 Å². The largest absolute Gasteiger partial charge is 0.619 e. The second kappa shape index (κ2) is 4.49. The predicted molar refractivity (Wildman–Crippen MR) is 60.4 cm³/mol. The highest BCUT2D eigenvalue weighted by atomic mass is 35.5. The number of hydrogen-bond donors (Lipinski definition) is 0. The molecule has 0 spiro atoms. The van der Waals surface area contributed by atoms with Crippen molar-refractivity contribution in [2.75, 3.05) is 0 Å². The Hall–Kier alpha value is -1.61. The molecule has 0 amide bonds. The highest BCUT2D eigenvalue weighted by molar-refractivity contribution is 6.17. The molecule has 82 valence electrons. The quantitative estimate of drug-likeness (QED) is 0.448. The zero-order valence-corrected chi connectivity index (χ0v) is 9.12. The first-order valence-electron chi connectivity index (χ1n) is 4.73. The molecule has 0 saturated heterocycles. The van der Waals surface area contributed by atoms with Crippen molar-refractivity contribution < 1.29 is 9.12 Å². The molecule has 0 radical (unpaired) electrons. The van der Waals surface area contributed by atoms with E-state index in [0.717, 1.165) is 16.7 Å². The smallest absolute Gasteiger partial charge is 0.188 e. The summed E-state index contributed by atoms with van der Waals surface area (Å²) < 4.78 is 13.4. The van der Waals surface area contributed by atoms with Crippen LogP contribution in [0.2, 0.25) is 0 Å². The van der Waals surface area contributed by atoms with Crippen molar-refractivity contribution in [2.45, 2.75) is 5.88 Å². The van der Waals surface area contributed by atoms with Crippen LogP contribution in [0.25, 0.3) is 11.1 Å². The molecule has 0 aliphatic rings. The van der Waals surface area contributed by atoms with E-state index in [1.54, 1.807) is 12.1 Å². The fourth-order valence-corrected chi connectivity index (χ4v) is 1.63. The number of hydrogen-bond acceptors (Lipinski definition) is 1. The van der Waals surface area contributed by atoms with Gasteiger partial charge in [-0.25, -0.2) is 4.39 Å². The molecule has 16 heavy (non-hydrogen) atoms. The molecule has 0 N–H and O–H groups in total. The first-order valence-corrected chi connectivity index (χ1v) is 5.27. The number of benzene rings is 1. The first-order chi connectivity index (χ1) is 7.69. The van der Waals surface area contributed by atoms with Crippen LogP contribution in [0.5, 0.6) is 0 Å². The lowest BCUT2D eigenvalue weighted by Crippen LogP contribution is -2.25. The standard InChI is InChI=1S/C12H9ClFNO/c13-6-9-5-11(8-15(16)7-9)10-1-3-12(14)4-2-10/h1-5,7-8H,6H2. The van der Waals surface area contributed by atoms with Crippen LogP contribution in [-0.4, -0.2) is 0 Å². The van der Waals surface area contributed by atoms with E-state index >= 15 is 0 Å². The monoisotopic (exact) mass is 237 g/mol. The molecule has 0 aliphatic carbocycles. The van der Waals surface area contributed by atoms with E-state index in [2.05, 4.69) is 0 Å². The predicted octanol–water partition coefficient (Wildman–Crippen LogP) is 2.86. The van der Waals surface area contributed by atoms with E-state index in [4.69, 9.17) is 11.6 Å². The maximum absolute atomic E-state index is 12.7. The van der Waals surface area contributed by atoms with Crippen LogP contribution in [0.3, 0.4) is 0 Å². The molecule has 4 heteroatoms. The van der Waals surface area contributed by atoms with Crippen molar-refractivity contribution in [1.82, 2.24) is 0 Å². The number of nitrogens with zero attached hydrogens (tertiary/aromatic N) is 1. The number of halogens is 2. The van der Waals surface area contributed by atoms with Crippen LogP contribution in [0.15, 0.2) is 42.7 Å². The second-order valence-electron chi connectivity index (χ2n) is 3.43. The van der Waals surface area contributed by atoms with Gasteiger partial charge in [0.05, 0.1) is 5.88 Å². The van der Waals surface area contributed by atoms with E-state index in [9.17, 15) is 9.60 Å². The van der Waals surface area contributed by atoms with Crippen molar-refractivity contribution in [3.63, 3.8) is 0 Å². The molecule has 2 rings (SSSR count). The number of aromatic nitrogens is 1. The topological polar surface area (TPSA) is 26.9 Å². The number of pyridine rings is 1. The first kappa shape index (κ1) is 10.9. The summed E-state index contributed by atoms with van der Waals surface area (Å²) in [5.74, 6) is -0.0238. The van der Waals surface area contributed by atoms with E-state index in [1.807, 2.05) is 6.07 Å². The van der Waals surface area contributed by atoms with Gasteiger partial charge in [0.1, 0.15) is 5.82 Å². The van der Waals surface area contributed by atoms with Crippen LogP contribution in [-0.2, 0) is 5.88 Å². The molecule has 0 aliphatic heterocycles. The average Bonchev–Trinajstić information content (AvgIpc) is 2.29. The fraction of sp³-hybridized carbons (Fsp3) is 0.0833. The molecule has 0 bridgehead atoms. The van der Waals surface area contributed by atoms with Gasteiger partial charge in [-0.3, -0.25) is 0 Å². The Morgan fingerprint density at radius 3 is 2.44 bits per heavy atom. The molecular weight excluding hydrogens is 229 g/mol. The normalized spacial score (nSPS) is 10.4. The Labute approximate surface area is 97.5 Å². The minimum Gasteiger partial charge on any atom is -0.619 e. The van der Waals surface area contributed by atoms with Gasteiger partial charge in [-0.15, -0.1) is 11.6 Å². The van der Waals surface area contributed by atoms with Gasteiger partial charge in [0.25, 0.3) is 0 Å². The minimum absolute atomic E-state index is 0.275. The van der Waals surface area contributed by atoms with Gasteiger partial charge < -0.3 is 5.21 Å². The zero-order valence-electron chi connectivity index (χ0n) is 8.36. The highest BCUT2D eigenvalue weighted by Gasteiger charge is 2.05. The molecule has 2 aromatic rings. The minimum atomic E-state index is -0.299. The molecule has 1 heterocycles. The molecule has 1 aromatic carbocycles. The molecule has 1 aromatic heterocycles. The third kappa shape index (κ3) is 2.31. The Morgan fingerprint density at radius 1 is 1.12 bits per heavy atom. The molecule has 2 nitrogen and oxygen atoms in total. The van der Waals surface area contributed by atoms with E-state index in [1.165, 1.54) is 24.5 Å². The molecule has 0 unspecified atom stereocenters. The fourth-order valence-electron chi connectivity index (χ4n) is 1.49. The maximum Gasteiger partial charge on any atom is 0.188 e. The van der Waals surface area contributed by atoms with Crippen LogP contribution < -0.4 is 4.73 Å². The van der Waals surface area contributed by atoms with Crippen molar-refractivity contribution in [3.8, 4) is 11.1 Å². The third-order valence-corrected chi connectivity index (χ3v) is 2.54.